The van der Waals surface area contributed by atoms with E-state index >= 15 is 0 Å². The smallest absolute Gasteiger partial charge is 0.143 e. The first-order chi connectivity index (χ1) is 8.13. The van der Waals surface area contributed by atoms with Crippen LogP contribution in [-0.2, 0) is 6.54 Å². The quantitative estimate of drug-likeness (QED) is 0.866. The Morgan fingerprint density at radius 2 is 2.06 bits per heavy atom. The van der Waals surface area contributed by atoms with Gasteiger partial charge in [-0.15, -0.1) is 12.4 Å². The highest BCUT2D eigenvalue weighted by atomic mass is 35.5. The summed E-state index contributed by atoms with van der Waals surface area (Å²) in [6, 6.07) is 3.45. The van der Waals surface area contributed by atoms with Crippen LogP contribution in [0.2, 0.25) is 10.0 Å². The predicted octanol–water partition coefficient (Wildman–Crippen LogP) is 3.48. The minimum atomic E-state index is -0.475. The molecule has 2 rings (SSSR count). The third-order valence-electron chi connectivity index (χ3n) is 3.26. The number of likely N-dealkylation sites (tertiary alicyclic amines) is 1. The zero-order valence-electron chi connectivity index (χ0n) is 9.83. The highest BCUT2D eigenvalue weighted by Gasteiger charge is 2.24. The van der Waals surface area contributed by atoms with Crippen LogP contribution in [0.1, 0.15) is 18.4 Å². The molecule has 1 aliphatic heterocycles. The molecule has 0 spiro atoms. The molecule has 0 aromatic heterocycles. The number of halogens is 4. The van der Waals surface area contributed by atoms with Gasteiger partial charge in [0.15, 0.2) is 0 Å². The zero-order valence-corrected chi connectivity index (χ0v) is 12.2. The van der Waals surface area contributed by atoms with Crippen LogP contribution in [0.25, 0.3) is 0 Å². The van der Waals surface area contributed by atoms with Crippen molar-refractivity contribution in [2.45, 2.75) is 25.4 Å². The van der Waals surface area contributed by atoms with E-state index in [1.807, 2.05) is 0 Å². The third kappa shape index (κ3) is 3.28. The SMILES string of the molecule is Cl.NCC1CCCN1Cc1ccc(F)c(Cl)c1Cl. The molecule has 18 heavy (non-hydrogen) atoms. The normalized spacial score (nSPS) is 19.9. The van der Waals surface area contributed by atoms with Crippen LogP contribution in [0.15, 0.2) is 12.1 Å². The van der Waals surface area contributed by atoms with Gasteiger partial charge in [0.2, 0.25) is 0 Å². The van der Waals surface area contributed by atoms with Crippen molar-refractivity contribution in [1.82, 2.24) is 4.90 Å². The predicted molar refractivity (Wildman–Crippen MR) is 76.2 cm³/mol. The van der Waals surface area contributed by atoms with E-state index < -0.39 is 5.82 Å². The summed E-state index contributed by atoms with van der Waals surface area (Å²) in [5, 5.41) is 0.321. The zero-order chi connectivity index (χ0) is 12.4. The number of rotatable bonds is 3. The summed E-state index contributed by atoms with van der Waals surface area (Å²) in [6.07, 6.45) is 2.26. The van der Waals surface area contributed by atoms with Crippen molar-refractivity contribution >= 4 is 35.6 Å². The van der Waals surface area contributed by atoms with E-state index in [9.17, 15) is 4.39 Å². The van der Waals surface area contributed by atoms with E-state index in [1.165, 1.54) is 6.07 Å². The van der Waals surface area contributed by atoms with E-state index in [-0.39, 0.29) is 17.4 Å². The fourth-order valence-electron chi connectivity index (χ4n) is 2.28. The summed E-state index contributed by atoms with van der Waals surface area (Å²) in [7, 11) is 0. The maximum absolute atomic E-state index is 13.2. The second-order valence-corrected chi connectivity index (χ2v) is 5.09. The Labute approximate surface area is 123 Å². The standard InChI is InChI=1S/C12H15Cl2FN2.ClH/c13-11-8(3-4-10(15)12(11)14)7-17-5-1-2-9(17)6-16;/h3-4,9H,1-2,5-7,16H2;1H. The van der Waals surface area contributed by atoms with Crippen LogP contribution in [0.3, 0.4) is 0 Å². The molecule has 1 aliphatic rings. The Balaban J connectivity index is 0.00000162. The molecule has 1 fully saturated rings. The Morgan fingerprint density at radius 3 is 2.72 bits per heavy atom. The molecular weight excluding hydrogens is 298 g/mol. The van der Waals surface area contributed by atoms with Gasteiger partial charge in [0, 0.05) is 19.1 Å². The average molecular weight is 314 g/mol. The van der Waals surface area contributed by atoms with E-state index in [4.69, 9.17) is 28.9 Å². The summed E-state index contributed by atoms with van der Waals surface area (Å²) in [6.45, 7) is 2.33. The van der Waals surface area contributed by atoms with Crippen molar-refractivity contribution in [2.75, 3.05) is 13.1 Å². The summed E-state index contributed by atoms with van der Waals surface area (Å²) in [5.41, 5.74) is 6.57. The van der Waals surface area contributed by atoms with E-state index in [0.717, 1.165) is 24.9 Å². The van der Waals surface area contributed by atoms with Gasteiger partial charge in [-0.05, 0) is 31.0 Å². The van der Waals surface area contributed by atoms with Crippen LogP contribution in [0.4, 0.5) is 4.39 Å². The fraction of sp³-hybridized carbons (Fsp3) is 0.500. The molecule has 0 radical (unpaired) electrons. The number of nitrogens with two attached hydrogens (primary N) is 1. The monoisotopic (exact) mass is 312 g/mol. The first-order valence-electron chi connectivity index (χ1n) is 5.70. The number of hydrogen-bond donors (Lipinski definition) is 1. The molecule has 0 amide bonds. The van der Waals surface area contributed by atoms with Crippen molar-refractivity contribution < 1.29 is 4.39 Å². The fourth-order valence-corrected chi connectivity index (χ4v) is 2.67. The van der Waals surface area contributed by atoms with E-state index in [1.54, 1.807) is 6.07 Å². The minimum Gasteiger partial charge on any atom is -0.329 e. The molecule has 2 N–H and O–H groups in total. The van der Waals surface area contributed by atoms with Gasteiger partial charge in [-0.3, -0.25) is 4.90 Å². The molecule has 1 atom stereocenters. The average Bonchev–Trinajstić information content (AvgIpc) is 2.77. The molecular formula is C12H16Cl3FN2. The van der Waals surface area contributed by atoms with E-state index in [0.29, 0.717) is 24.2 Å². The second kappa shape index (κ2) is 6.92. The first-order valence-corrected chi connectivity index (χ1v) is 6.45. The van der Waals surface area contributed by atoms with Crippen LogP contribution in [-0.4, -0.2) is 24.0 Å². The maximum Gasteiger partial charge on any atom is 0.143 e. The molecule has 1 saturated heterocycles. The maximum atomic E-state index is 13.2. The van der Waals surface area contributed by atoms with Crippen molar-refractivity contribution in [3.63, 3.8) is 0 Å². The van der Waals surface area contributed by atoms with Gasteiger partial charge in [-0.2, -0.15) is 0 Å². The van der Waals surface area contributed by atoms with Gasteiger partial charge in [0.1, 0.15) is 5.82 Å². The molecule has 1 aromatic carbocycles. The molecule has 1 unspecified atom stereocenters. The molecule has 1 aromatic rings. The van der Waals surface area contributed by atoms with Crippen LogP contribution < -0.4 is 5.73 Å². The first kappa shape index (κ1) is 16.0. The molecule has 1 heterocycles. The number of nitrogens with zero attached hydrogens (tertiary/aromatic N) is 1. The van der Waals surface area contributed by atoms with Gasteiger partial charge in [0.05, 0.1) is 10.0 Å². The van der Waals surface area contributed by atoms with Crippen molar-refractivity contribution in [1.29, 1.82) is 0 Å². The lowest BCUT2D eigenvalue weighted by Gasteiger charge is -2.23. The van der Waals surface area contributed by atoms with Crippen molar-refractivity contribution in [3.8, 4) is 0 Å². The van der Waals surface area contributed by atoms with Crippen LogP contribution in [0, 0.1) is 5.82 Å². The Hall–Kier alpha value is -0.0600. The van der Waals surface area contributed by atoms with Crippen LogP contribution in [0.5, 0.6) is 0 Å². The highest BCUT2D eigenvalue weighted by Crippen LogP contribution is 2.30. The Bertz CT molecular complexity index is 415. The lowest BCUT2D eigenvalue weighted by atomic mass is 10.1. The third-order valence-corrected chi connectivity index (χ3v) is 4.16. The van der Waals surface area contributed by atoms with Gasteiger partial charge >= 0.3 is 0 Å². The number of hydrogen-bond acceptors (Lipinski definition) is 2. The minimum absolute atomic E-state index is 0. The lowest BCUT2D eigenvalue weighted by Crippen LogP contribution is -2.34. The van der Waals surface area contributed by atoms with E-state index in [2.05, 4.69) is 4.90 Å². The van der Waals surface area contributed by atoms with Gasteiger partial charge in [0.25, 0.3) is 0 Å². The van der Waals surface area contributed by atoms with Crippen LogP contribution >= 0.6 is 35.6 Å². The summed E-state index contributed by atoms with van der Waals surface area (Å²) in [5.74, 6) is -0.475. The van der Waals surface area contributed by atoms with Gasteiger partial charge in [-0.1, -0.05) is 29.3 Å². The van der Waals surface area contributed by atoms with Crippen molar-refractivity contribution in [3.05, 3.63) is 33.6 Å². The Kier molecular flexibility index (Phi) is 6.15. The molecule has 2 nitrogen and oxygen atoms in total. The molecule has 0 aliphatic carbocycles. The summed E-state index contributed by atoms with van der Waals surface area (Å²) >= 11 is 11.8. The largest absolute Gasteiger partial charge is 0.329 e. The second-order valence-electron chi connectivity index (χ2n) is 4.34. The topological polar surface area (TPSA) is 29.3 Å². The molecule has 0 bridgehead atoms. The lowest BCUT2D eigenvalue weighted by molar-refractivity contribution is 0.250. The molecule has 6 heteroatoms. The summed E-state index contributed by atoms with van der Waals surface area (Å²) in [4.78, 5) is 2.27. The molecule has 0 saturated carbocycles. The van der Waals surface area contributed by atoms with Crippen molar-refractivity contribution in [2.24, 2.45) is 5.73 Å². The van der Waals surface area contributed by atoms with Gasteiger partial charge < -0.3 is 5.73 Å². The molecule has 102 valence electrons. The highest BCUT2D eigenvalue weighted by molar-refractivity contribution is 6.42. The number of benzene rings is 1. The summed E-state index contributed by atoms with van der Waals surface area (Å²) < 4.78 is 13.2. The van der Waals surface area contributed by atoms with Gasteiger partial charge in [-0.25, -0.2) is 4.39 Å². The Morgan fingerprint density at radius 1 is 1.33 bits per heavy atom.